The van der Waals surface area contributed by atoms with E-state index in [0.717, 1.165) is 61.3 Å². The standard InChI is InChI=1S/C60H37N3O/c1-7-19-53-45(13-1)46-14-2-8-20-54(46)61(53)42-30-32-60-52(37-42)51-35-40(29-31-59(51)64-60)38-25-27-39(28-26-38)41-33-43(62-55-21-9-3-15-47(55)48-16-4-10-22-56(48)62)36-44(34-41)63-57-23-11-5-17-49(57)50-18-6-12-24-58(50)63/h1-37H. The summed E-state index contributed by atoms with van der Waals surface area (Å²) in [6.45, 7) is 0. The van der Waals surface area contributed by atoms with Crippen LogP contribution in [0.4, 0.5) is 0 Å². The van der Waals surface area contributed by atoms with Gasteiger partial charge in [0.25, 0.3) is 0 Å². The van der Waals surface area contributed by atoms with Crippen molar-refractivity contribution in [1.29, 1.82) is 0 Å². The molecule has 10 aromatic carbocycles. The predicted octanol–water partition coefficient (Wildman–Crippen LogP) is 16.2. The Kier molecular flexibility index (Phi) is 7.36. The maximum absolute atomic E-state index is 6.44. The molecule has 0 aliphatic carbocycles. The minimum absolute atomic E-state index is 0.884. The van der Waals surface area contributed by atoms with E-state index in [-0.39, 0.29) is 0 Å². The normalized spacial score (nSPS) is 12.1. The highest BCUT2D eigenvalue weighted by Gasteiger charge is 2.19. The number of hydrogen-bond acceptors (Lipinski definition) is 1. The number of benzene rings is 10. The summed E-state index contributed by atoms with van der Waals surface area (Å²) >= 11 is 0. The number of para-hydroxylation sites is 6. The van der Waals surface area contributed by atoms with Crippen LogP contribution in [0.2, 0.25) is 0 Å². The lowest BCUT2D eigenvalue weighted by molar-refractivity contribution is 0.669. The highest BCUT2D eigenvalue weighted by atomic mass is 16.3. The molecule has 4 heterocycles. The third kappa shape index (κ3) is 5.11. The topological polar surface area (TPSA) is 27.9 Å². The zero-order valence-electron chi connectivity index (χ0n) is 34.6. The van der Waals surface area contributed by atoms with Gasteiger partial charge in [-0.1, -0.05) is 140 Å². The van der Waals surface area contributed by atoms with Gasteiger partial charge in [0.1, 0.15) is 11.2 Å². The average Bonchev–Trinajstić information content (AvgIpc) is 4.10. The minimum Gasteiger partial charge on any atom is -0.456 e. The molecule has 0 radical (unpaired) electrons. The zero-order chi connectivity index (χ0) is 41.9. The summed E-state index contributed by atoms with van der Waals surface area (Å²) in [5.74, 6) is 0. The quantitative estimate of drug-likeness (QED) is 0.170. The van der Waals surface area contributed by atoms with Crippen LogP contribution in [-0.2, 0) is 0 Å². The first-order valence-electron chi connectivity index (χ1n) is 21.9. The summed E-state index contributed by atoms with van der Waals surface area (Å²) in [5.41, 5.74) is 16.9. The van der Waals surface area contributed by atoms with Crippen molar-refractivity contribution in [3.63, 3.8) is 0 Å². The summed E-state index contributed by atoms with van der Waals surface area (Å²) in [4.78, 5) is 0. The number of hydrogen-bond donors (Lipinski definition) is 0. The number of aromatic nitrogens is 3. The summed E-state index contributed by atoms with van der Waals surface area (Å²) in [6.07, 6.45) is 0. The Hall–Kier alpha value is -8.60. The van der Waals surface area contributed by atoms with Crippen molar-refractivity contribution in [2.75, 3.05) is 0 Å². The van der Waals surface area contributed by atoms with E-state index < -0.39 is 0 Å². The van der Waals surface area contributed by atoms with Crippen molar-refractivity contribution >= 4 is 87.4 Å². The molecule has 0 amide bonds. The predicted molar refractivity (Wildman–Crippen MR) is 268 cm³/mol. The average molecular weight is 816 g/mol. The van der Waals surface area contributed by atoms with Gasteiger partial charge in [0, 0.05) is 60.2 Å². The molecular formula is C60H37N3O. The molecule has 64 heavy (non-hydrogen) atoms. The first kappa shape index (κ1) is 35.0. The highest BCUT2D eigenvalue weighted by Crippen LogP contribution is 2.40. The molecule has 0 fully saturated rings. The molecule has 0 aliphatic heterocycles. The summed E-state index contributed by atoms with van der Waals surface area (Å²) in [7, 11) is 0. The van der Waals surface area contributed by atoms with Crippen LogP contribution in [0, 0.1) is 0 Å². The lowest BCUT2D eigenvalue weighted by Gasteiger charge is -2.16. The van der Waals surface area contributed by atoms with Gasteiger partial charge in [0.2, 0.25) is 0 Å². The fraction of sp³-hybridized carbons (Fsp3) is 0. The third-order valence-corrected chi connectivity index (χ3v) is 13.4. The molecule has 4 aromatic heterocycles. The van der Waals surface area contributed by atoms with E-state index in [1.54, 1.807) is 0 Å². The molecule has 4 nitrogen and oxygen atoms in total. The second-order valence-electron chi connectivity index (χ2n) is 16.9. The maximum Gasteiger partial charge on any atom is 0.135 e. The van der Waals surface area contributed by atoms with Gasteiger partial charge in [0.15, 0.2) is 0 Å². The second-order valence-corrected chi connectivity index (χ2v) is 16.9. The van der Waals surface area contributed by atoms with E-state index in [1.807, 2.05) is 0 Å². The molecule has 0 atom stereocenters. The van der Waals surface area contributed by atoms with Crippen molar-refractivity contribution in [2.24, 2.45) is 0 Å². The van der Waals surface area contributed by atoms with Gasteiger partial charge in [-0.2, -0.15) is 0 Å². The van der Waals surface area contributed by atoms with Gasteiger partial charge in [-0.15, -0.1) is 0 Å². The van der Waals surface area contributed by atoms with E-state index in [4.69, 9.17) is 4.42 Å². The molecule has 4 heteroatoms. The van der Waals surface area contributed by atoms with Crippen LogP contribution in [0.25, 0.3) is 127 Å². The maximum atomic E-state index is 6.44. The second kappa shape index (κ2) is 13.4. The van der Waals surface area contributed by atoms with Gasteiger partial charge in [-0.25, -0.2) is 0 Å². The van der Waals surface area contributed by atoms with Crippen molar-refractivity contribution in [3.05, 3.63) is 224 Å². The first-order valence-corrected chi connectivity index (χ1v) is 21.9. The lowest BCUT2D eigenvalue weighted by Crippen LogP contribution is -2.00. The Morgan fingerprint density at radius 3 is 0.969 bits per heavy atom. The Bertz CT molecular complexity index is 3900. The van der Waals surface area contributed by atoms with E-state index in [2.05, 4.69) is 238 Å². The number of fused-ring (bicyclic) bond motifs is 12. The van der Waals surface area contributed by atoms with Gasteiger partial charge in [-0.3, -0.25) is 0 Å². The molecule has 0 N–H and O–H groups in total. The van der Waals surface area contributed by atoms with Crippen LogP contribution >= 0.6 is 0 Å². The van der Waals surface area contributed by atoms with Crippen LogP contribution < -0.4 is 0 Å². The van der Waals surface area contributed by atoms with Crippen LogP contribution in [0.1, 0.15) is 0 Å². The molecule has 0 saturated heterocycles. The SMILES string of the molecule is c1ccc2c(c1)c1ccccc1n2-c1cc(-c2ccc(-c3ccc4oc5ccc(-n6c7ccccc7c7ccccc76)cc5c4c3)cc2)cc(-n2c3ccccc3c3ccccc32)c1. The molecule has 0 saturated carbocycles. The number of rotatable bonds is 5. The molecule has 0 bridgehead atoms. The molecule has 0 aliphatic rings. The highest BCUT2D eigenvalue weighted by molar-refractivity contribution is 6.12. The van der Waals surface area contributed by atoms with E-state index in [9.17, 15) is 0 Å². The van der Waals surface area contributed by atoms with Crippen molar-refractivity contribution in [2.45, 2.75) is 0 Å². The van der Waals surface area contributed by atoms with Gasteiger partial charge in [-0.05, 0) is 107 Å². The van der Waals surface area contributed by atoms with E-state index in [1.165, 1.54) is 65.4 Å². The van der Waals surface area contributed by atoms with Crippen LogP contribution in [0.5, 0.6) is 0 Å². The van der Waals surface area contributed by atoms with Crippen molar-refractivity contribution in [3.8, 4) is 39.3 Å². The lowest BCUT2D eigenvalue weighted by atomic mass is 9.98. The molecule has 0 unspecified atom stereocenters. The Morgan fingerprint density at radius 1 is 0.219 bits per heavy atom. The number of nitrogens with zero attached hydrogens (tertiary/aromatic N) is 3. The van der Waals surface area contributed by atoms with E-state index >= 15 is 0 Å². The third-order valence-electron chi connectivity index (χ3n) is 13.4. The summed E-state index contributed by atoms with van der Waals surface area (Å²) in [5, 5.41) is 9.70. The zero-order valence-corrected chi connectivity index (χ0v) is 34.6. The molecule has 298 valence electrons. The molecule has 0 spiro atoms. The van der Waals surface area contributed by atoms with Crippen LogP contribution in [0.3, 0.4) is 0 Å². The first-order chi connectivity index (χ1) is 31.7. The minimum atomic E-state index is 0.884. The monoisotopic (exact) mass is 815 g/mol. The molecule has 14 rings (SSSR count). The van der Waals surface area contributed by atoms with Crippen molar-refractivity contribution < 1.29 is 4.42 Å². The largest absolute Gasteiger partial charge is 0.456 e. The Labute approximate surface area is 367 Å². The van der Waals surface area contributed by atoms with Gasteiger partial charge < -0.3 is 18.1 Å². The molecular weight excluding hydrogens is 779 g/mol. The van der Waals surface area contributed by atoms with E-state index in [0.29, 0.717) is 0 Å². The Balaban J connectivity index is 0.916. The number of furan rings is 1. The van der Waals surface area contributed by atoms with Gasteiger partial charge >= 0.3 is 0 Å². The van der Waals surface area contributed by atoms with Crippen molar-refractivity contribution in [1.82, 2.24) is 13.7 Å². The van der Waals surface area contributed by atoms with Gasteiger partial charge in [0.05, 0.1) is 33.1 Å². The fourth-order valence-corrected chi connectivity index (χ4v) is 10.6. The smallest absolute Gasteiger partial charge is 0.135 e. The van der Waals surface area contributed by atoms with Crippen LogP contribution in [-0.4, -0.2) is 13.7 Å². The molecule has 14 aromatic rings. The summed E-state index contributed by atoms with van der Waals surface area (Å²) < 4.78 is 13.7. The van der Waals surface area contributed by atoms with Crippen LogP contribution in [0.15, 0.2) is 229 Å². The Morgan fingerprint density at radius 2 is 0.547 bits per heavy atom. The fourth-order valence-electron chi connectivity index (χ4n) is 10.6. The summed E-state index contributed by atoms with van der Waals surface area (Å²) in [6, 6.07) is 81.6.